The highest BCUT2D eigenvalue weighted by molar-refractivity contribution is 5.51. The molecule has 3 aliphatic rings. The third-order valence-electron chi connectivity index (χ3n) is 5.87. The van der Waals surface area contributed by atoms with Gasteiger partial charge in [0.15, 0.2) is 11.5 Å². The van der Waals surface area contributed by atoms with Crippen LogP contribution >= 0.6 is 0 Å². The van der Waals surface area contributed by atoms with E-state index in [4.69, 9.17) is 14.2 Å². The Hall–Kier alpha value is -2.32. The number of hydrogen-bond acceptors (Lipinski definition) is 7. The van der Waals surface area contributed by atoms with Crippen LogP contribution in [-0.2, 0) is 19.5 Å². The van der Waals surface area contributed by atoms with Crippen molar-refractivity contribution in [1.29, 1.82) is 0 Å². The van der Waals surface area contributed by atoms with Crippen LogP contribution in [0.4, 0.5) is 0 Å². The molecular formula is C20H27N5O3. The van der Waals surface area contributed by atoms with Gasteiger partial charge in [-0.3, -0.25) is 4.90 Å². The third-order valence-corrected chi connectivity index (χ3v) is 5.87. The van der Waals surface area contributed by atoms with Gasteiger partial charge in [-0.15, -0.1) is 10.2 Å². The van der Waals surface area contributed by atoms with Crippen LogP contribution in [0, 0.1) is 0 Å². The average Bonchev–Trinajstić information content (AvgIpc) is 3.27. The highest BCUT2D eigenvalue weighted by Crippen LogP contribution is 2.39. The molecular weight excluding hydrogens is 358 g/mol. The van der Waals surface area contributed by atoms with Crippen LogP contribution in [-0.4, -0.2) is 59.6 Å². The number of likely N-dealkylation sites (tertiary alicyclic amines) is 1. The number of ether oxygens (including phenoxy) is 3. The van der Waals surface area contributed by atoms with Crippen LogP contribution in [0.15, 0.2) is 12.1 Å². The van der Waals surface area contributed by atoms with Crippen LogP contribution in [0.1, 0.15) is 36.1 Å². The molecule has 0 aliphatic carbocycles. The molecule has 1 atom stereocenters. The summed E-state index contributed by atoms with van der Waals surface area (Å²) in [6.07, 6.45) is 3.21. The second-order valence-corrected chi connectivity index (χ2v) is 7.56. The summed E-state index contributed by atoms with van der Waals surface area (Å²) in [6, 6.07) is 4.30. The number of benzene rings is 1. The van der Waals surface area contributed by atoms with Gasteiger partial charge in [0.2, 0.25) is 0 Å². The molecule has 1 aromatic carbocycles. The molecule has 0 radical (unpaired) electrons. The topological polar surface area (TPSA) is 73.7 Å². The summed E-state index contributed by atoms with van der Waals surface area (Å²) in [5, 5.41) is 12.5. The van der Waals surface area contributed by atoms with E-state index in [1.807, 2.05) is 6.07 Å². The zero-order chi connectivity index (χ0) is 18.9. The van der Waals surface area contributed by atoms with Crippen molar-refractivity contribution in [3.05, 3.63) is 29.3 Å². The number of fused-ring (bicyclic) bond motifs is 2. The molecule has 8 nitrogen and oxygen atoms in total. The van der Waals surface area contributed by atoms with Gasteiger partial charge in [-0.25, -0.2) is 0 Å². The molecule has 1 unspecified atom stereocenters. The molecule has 4 heterocycles. The van der Waals surface area contributed by atoms with E-state index in [1.54, 1.807) is 7.11 Å². The van der Waals surface area contributed by atoms with E-state index in [0.29, 0.717) is 13.2 Å². The van der Waals surface area contributed by atoms with Gasteiger partial charge in [0.25, 0.3) is 0 Å². The lowest BCUT2D eigenvalue weighted by Crippen LogP contribution is -2.27. The molecule has 0 bridgehead atoms. The van der Waals surface area contributed by atoms with Crippen LogP contribution in [0.25, 0.3) is 0 Å². The van der Waals surface area contributed by atoms with Gasteiger partial charge in [0, 0.05) is 44.2 Å². The smallest absolute Gasteiger partial charge is 0.165 e. The minimum Gasteiger partial charge on any atom is -0.496 e. The Labute approximate surface area is 164 Å². The molecule has 28 heavy (non-hydrogen) atoms. The molecule has 1 aromatic heterocycles. The quantitative estimate of drug-likeness (QED) is 0.856. The normalized spacial score (nSPS) is 22.0. The summed E-state index contributed by atoms with van der Waals surface area (Å²) in [5.74, 6) is 4.62. The van der Waals surface area contributed by atoms with Crippen molar-refractivity contribution in [2.45, 2.75) is 38.4 Å². The summed E-state index contributed by atoms with van der Waals surface area (Å²) < 4.78 is 19.5. The Morgan fingerprint density at radius 3 is 2.86 bits per heavy atom. The number of aromatic nitrogens is 3. The fourth-order valence-electron chi connectivity index (χ4n) is 4.49. The first-order chi connectivity index (χ1) is 13.8. The Morgan fingerprint density at radius 2 is 2.00 bits per heavy atom. The van der Waals surface area contributed by atoms with E-state index < -0.39 is 0 Å². The Balaban J connectivity index is 1.42. The Bertz CT molecular complexity index is 853. The van der Waals surface area contributed by atoms with Crippen molar-refractivity contribution >= 4 is 0 Å². The second-order valence-electron chi connectivity index (χ2n) is 7.56. The number of nitrogens with one attached hydrogen (secondary N) is 1. The molecule has 3 aliphatic heterocycles. The summed E-state index contributed by atoms with van der Waals surface area (Å²) in [5.41, 5.74) is 1.12. The van der Waals surface area contributed by atoms with Crippen molar-refractivity contribution in [1.82, 2.24) is 25.0 Å². The number of nitrogens with zero attached hydrogens (tertiary/aromatic N) is 4. The fraction of sp³-hybridized carbons (Fsp3) is 0.600. The Kier molecular flexibility index (Phi) is 4.82. The van der Waals surface area contributed by atoms with Crippen LogP contribution < -0.4 is 19.5 Å². The number of hydrogen-bond donors (Lipinski definition) is 1. The zero-order valence-electron chi connectivity index (χ0n) is 16.3. The van der Waals surface area contributed by atoms with E-state index in [0.717, 1.165) is 86.4 Å². The van der Waals surface area contributed by atoms with Crippen LogP contribution in [0.5, 0.6) is 17.2 Å². The summed E-state index contributed by atoms with van der Waals surface area (Å²) in [4.78, 5) is 2.49. The first-order valence-corrected chi connectivity index (χ1v) is 10.2. The average molecular weight is 385 g/mol. The lowest BCUT2D eigenvalue weighted by atomic mass is 10.1. The van der Waals surface area contributed by atoms with Gasteiger partial charge in [0.05, 0.1) is 13.2 Å². The van der Waals surface area contributed by atoms with E-state index in [2.05, 4.69) is 31.0 Å². The van der Waals surface area contributed by atoms with Crippen molar-refractivity contribution < 1.29 is 14.2 Å². The van der Waals surface area contributed by atoms with Crippen molar-refractivity contribution in [3.8, 4) is 17.2 Å². The minimum absolute atomic E-state index is 0.289. The van der Waals surface area contributed by atoms with Gasteiger partial charge in [0.1, 0.15) is 30.6 Å². The third kappa shape index (κ3) is 3.20. The standard InChI is InChI=1S/C20H27N5O3/c1-26-16-12-18-17(27-9-10-28-18)11-14(16)13-24-7-2-3-15(24)20-23-22-19-4-5-21-6-8-25(19)20/h11-12,15,21H,2-10,13H2,1H3. The highest BCUT2D eigenvalue weighted by atomic mass is 16.6. The van der Waals surface area contributed by atoms with Gasteiger partial charge < -0.3 is 24.1 Å². The van der Waals surface area contributed by atoms with Gasteiger partial charge in [-0.2, -0.15) is 0 Å². The first-order valence-electron chi connectivity index (χ1n) is 10.2. The van der Waals surface area contributed by atoms with E-state index in [9.17, 15) is 0 Å². The number of rotatable bonds is 4. The van der Waals surface area contributed by atoms with E-state index >= 15 is 0 Å². The summed E-state index contributed by atoms with van der Waals surface area (Å²) in [6.45, 7) is 5.90. The molecule has 150 valence electrons. The van der Waals surface area contributed by atoms with Crippen molar-refractivity contribution in [2.24, 2.45) is 0 Å². The van der Waals surface area contributed by atoms with Gasteiger partial charge >= 0.3 is 0 Å². The highest BCUT2D eigenvalue weighted by Gasteiger charge is 2.32. The van der Waals surface area contributed by atoms with Crippen molar-refractivity contribution in [3.63, 3.8) is 0 Å². The molecule has 1 fully saturated rings. The molecule has 2 aromatic rings. The summed E-state index contributed by atoms with van der Waals surface area (Å²) in [7, 11) is 1.71. The summed E-state index contributed by atoms with van der Waals surface area (Å²) >= 11 is 0. The molecule has 0 amide bonds. The molecule has 0 saturated carbocycles. The largest absolute Gasteiger partial charge is 0.496 e. The van der Waals surface area contributed by atoms with E-state index in [-0.39, 0.29) is 6.04 Å². The van der Waals surface area contributed by atoms with Crippen molar-refractivity contribution in [2.75, 3.05) is 40.0 Å². The molecule has 5 rings (SSSR count). The predicted octanol–water partition coefficient (Wildman–Crippen LogP) is 1.54. The molecule has 0 spiro atoms. The number of methoxy groups -OCH3 is 1. The minimum atomic E-state index is 0.289. The lowest BCUT2D eigenvalue weighted by molar-refractivity contribution is 0.169. The molecule has 1 N–H and O–H groups in total. The van der Waals surface area contributed by atoms with Gasteiger partial charge in [-0.1, -0.05) is 0 Å². The predicted molar refractivity (Wildman–Crippen MR) is 103 cm³/mol. The maximum atomic E-state index is 5.78. The zero-order valence-corrected chi connectivity index (χ0v) is 16.3. The monoisotopic (exact) mass is 385 g/mol. The van der Waals surface area contributed by atoms with E-state index in [1.165, 1.54) is 0 Å². The fourth-order valence-corrected chi connectivity index (χ4v) is 4.49. The first kappa shape index (κ1) is 17.8. The van der Waals surface area contributed by atoms with Crippen LogP contribution in [0.3, 0.4) is 0 Å². The molecule has 1 saturated heterocycles. The van der Waals surface area contributed by atoms with Gasteiger partial charge in [-0.05, 0) is 25.5 Å². The maximum Gasteiger partial charge on any atom is 0.165 e. The SMILES string of the molecule is COc1cc2c(cc1CN1CCCC1c1nnc3n1CCNCC3)OCCO2. The second kappa shape index (κ2) is 7.60. The molecule has 8 heteroatoms. The maximum absolute atomic E-state index is 5.78. The van der Waals surface area contributed by atoms with Crippen LogP contribution in [0.2, 0.25) is 0 Å². The lowest BCUT2D eigenvalue weighted by Gasteiger charge is -2.26. The Morgan fingerprint density at radius 1 is 1.14 bits per heavy atom.